The largest absolute Gasteiger partial charge is 0.382 e. The van der Waals surface area contributed by atoms with Crippen LogP contribution in [0.2, 0.25) is 0 Å². The second kappa shape index (κ2) is 6.89. The van der Waals surface area contributed by atoms with Crippen LogP contribution in [0.4, 0.5) is 0 Å². The average Bonchev–Trinajstić information content (AvgIpc) is 2.96. The molecule has 2 rings (SSSR count). The molecule has 2 aromatic rings. The summed E-state index contributed by atoms with van der Waals surface area (Å²) in [6.45, 7) is 2.57. The minimum Gasteiger partial charge on any atom is -0.382 e. The van der Waals surface area contributed by atoms with Crippen LogP contribution in [0.15, 0.2) is 9.59 Å². The molecule has 8 heteroatoms. The molecule has 22 heavy (non-hydrogen) atoms. The number of hydrogen-bond acceptors (Lipinski definition) is 5. The van der Waals surface area contributed by atoms with Crippen molar-refractivity contribution in [3.8, 4) is 0 Å². The number of aromatic amines is 1. The summed E-state index contributed by atoms with van der Waals surface area (Å²) in [5, 5.41) is 0. The third kappa shape index (κ3) is 3.12. The number of unbranched alkanes of at least 4 members (excludes halogenated alkanes) is 1. The number of hydrogen-bond donors (Lipinski definition) is 2. The molecule has 122 valence electrons. The highest BCUT2D eigenvalue weighted by Gasteiger charge is 2.14. The molecule has 0 spiro atoms. The summed E-state index contributed by atoms with van der Waals surface area (Å²) in [4.78, 5) is 31.8. The van der Waals surface area contributed by atoms with Crippen molar-refractivity contribution in [1.82, 2.24) is 19.1 Å². The molecule has 3 N–H and O–H groups in total. The van der Waals surface area contributed by atoms with Crippen LogP contribution in [0.1, 0.15) is 32.0 Å². The number of ether oxygens (including phenoxy) is 1. The predicted molar refractivity (Wildman–Crippen MR) is 83.8 cm³/mol. The SMILES string of the molecule is COC(C)CCCCn1c(=O)c2[nH]c(CN)nc2n(C)c1=O. The monoisotopic (exact) mass is 309 g/mol. The Hall–Kier alpha value is -1.93. The standard InChI is InChI=1S/C14H23N5O3/c1-9(22-3)6-4-5-7-19-13(20)11-12(18(2)14(19)21)17-10(8-15)16-11/h9H,4-8,15H2,1-3H3,(H,16,17). The normalized spacial score (nSPS) is 12.9. The number of aryl methyl sites for hydroxylation is 1. The molecule has 0 saturated carbocycles. The first-order valence-electron chi connectivity index (χ1n) is 7.40. The first-order valence-corrected chi connectivity index (χ1v) is 7.40. The molecule has 0 amide bonds. The fourth-order valence-corrected chi connectivity index (χ4v) is 2.41. The van der Waals surface area contributed by atoms with E-state index >= 15 is 0 Å². The van der Waals surface area contributed by atoms with Crippen LogP contribution in [-0.4, -0.2) is 32.3 Å². The van der Waals surface area contributed by atoms with E-state index in [0.29, 0.717) is 23.5 Å². The molecule has 2 aromatic heterocycles. The third-order valence-corrected chi connectivity index (χ3v) is 3.87. The van der Waals surface area contributed by atoms with Gasteiger partial charge in [0, 0.05) is 20.7 Å². The minimum atomic E-state index is -0.354. The lowest BCUT2D eigenvalue weighted by Gasteiger charge is -2.10. The first-order chi connectivity index (χ1) is 10.5. The van der Waals surface area contributed by atoms with E-state index in [1.807, 2.05) is 6.92 Å². The zero-order valence-corrected chi connectivity index (χ0v) is 13.3. The van der Waals surface area contributed by atoms with Gasteiger partial charge in [-0.1, -0.05) is 0 Å². The average molecular weight is 309 g/mol. The number of imidazole rings is 1. The Morgan fingerprint density at radius 1 is 1.36 bits per heavy atom. The topological polar surface area (TPSA) is 108 Å². The van der Waals surface area contributed by atoms with Crippen molar-refractivity contribution in [1.29, 1.82) is 0 Å². The van der Waals surface area contributed by atoms with Gasteiger partial charge in [0.15, 0.2) is 5.65 Å². The molecule has 0 aliphatic carbocycles. The van der Waals surface area contributed by atoms with Gasteiger partial charge in [-0.25, -0.2) is 9.78 Å². The maximum atomic E-state index is 12.4. The second-order valence-electron chi connectivity index (χ2n) is 5.43. The number of nitrogens with one attached hydrogen (secondary N) is 1. The number of nitrogens with zero attached hydrogens (tertiary/aromatic N) is 3. The van der Waals surface area contributed by atoms with E-state index in [0.717, 1.165) is 19.3 Å². The Kier molecular flexibility index (Phi) is 5.15. The fourth-order valence-electron chi connectivity index (χ4n) is 2.41. The number of rotatable bonds is 7. The number of fused-ring (bicyclic) bond motifs is 1. The van der Waals surface area contributed by atoms with Crippen molar-refractivity contribution >= 4 is 11.2 Å². The zero-order chi connectivity index (χ0) is 16.3. The van der Waals surface area contributed by atoms with E-state index in [2.05, 4.69) is 9.97 Å². The van der Waals surface area contributed by atoms with Crippen LogP contribution < -0.4 is 17.0 Å². The van der Waals surface area contributed by atoms with Gasteiger partial charge >= 0.3 is 5.69 Å². The molecular weight excluding hydrogens is 286 g/mol. The lowest BCUT2D eigenvalue weighted by atomic mass is 10.2. The van der Waals surface area contributed by atoms with Gasteiger partial charge in [-0.15, -0.1) is 0 Å². The maximum absolute atomic E-state index is 12.4. The molecule has 1 atom stereocenters. The summed E-state index contributed by atoms with van der Waals surface area (Å²) >= 11 is 0. The van der Waals surface area contributed by atoms with E-state index in [1.54, 1.807) is 14.2 Å². The van der Waals surface area contributed by atoms with Gasteiger partial charge in [-0.05, 0) is 26.2 Å². The van der Waals surface area contributed by atoms with Gasteiger partial charge in [-0.3, -0.25) is 13.9 Å². The molecule has 0 aliphatic heterocycles. The van der Waals surface area contributed by atoms with Crippen molar-refractivity contribution in [2.24, 2.45) is 12.8 Å². The van der Waals surface area contributed by atoms with E-state index < -0.39 is 0 Å². The molecule has 0 aliphatic rings. The number of nitrogens with two attached hydrogens (primary N) is 1. The van der Waals surface area contributed by atoms with Gasteiger partial charge < -0.3 is 15.5 Å². The summed E-state index contributed by atoms with van der Waals surface area (Å²) in [6, 6.07) is 0. The zero-order valence-electron chi connectivity index (χ0n) is 13.3. The molecule has 8 nitrogen and oxygen atoms in total. The Balaban J connectivity index is 2.26. The molecule has 0 radical (unpaired) electrons. The highest BCUT2D eigenvalue weighted by Crippen LogP contribution is 2.06. The summed E-state index contributed by atoms with van der Waals surface area (Å²) in [6.07, 6.45) is 2.71. The van der Waals surface area contributed by atoms with Crippen LogP contribution in [-0.2, 0) is 24.9 Å². The fraction of sp³-hybridized carbons (Fsp3) is 0.643. The van der Waals surface area contributed by atoms with E-state index in [1.165, 1.54) is 9.13 Å². The quantitative estimate of drug-likeness (QED) is 0.705. The van der Waals surface area contributed by atoms with Crippen molar-refractivity contribution in [2.75, 3.05) is 7.11 Å². The minimum absolute atomic E-state index is 0.182. The van der Waals surface area contributed by atoms with Crippen molar-refractivity contribution in [3.63, 3.8) is 0 Å². The number of aromatic nitrogens is 4. The molecular formula is C14H23N5O3. The number of methoxy groups -OCH3 is 1. The van der Waals surface area contributed by atoms with Crippen molar-refractivity contribution in [2.45, 2.75) is 45.4 Å². The van der Waals surface area contributed by atoms with Crippen LogP contribution in [0.3, 0.4) is 0 Å². The van der Waals surface area contributed by atoms with Crippen molar-refractivity contribution < 1.29 is 4.74 Å². The Labute approximate surface area is 127 Å². The number of H-pyrrole nitrogens is 1. The Bertz CT molecular complexity index is 758. The molecule has 0 fully saturated rings. The van der Waals surface area contributed by atoms with Crippen LogP contribution in [0.5, 0.6) is 0 Å². The summed E-state index contributed by atoms with van der Waals surface area (Å²) in [5.41, 5.74) is 5.50. The van der Waals surface area contributed by atoms with Gasteiger partial charge in [0.1, 0.15) is 11.3 Å². The van der Waals surface area contributed by atoms with Gasteiger partial charge in [0.05, 0.1) is 12.6 Å². The summed E-state index contributed by atoms with van der Waals surface area (Å²) in [5.74, 6) is 0.494. The third-order valence-electron chi connectivity index (χ3n) is 3.87. The van der Waals surface area contributed by atoms with Gasteiger partial charge in [-0.2, -0.15) is 0 Å². The Morgan fingerprint density at radius 2 is 2.09 bits per heavy atom. The van der Waals surface area contributed by atoms with E-state index in [-0.39, 0.29) is 23.9 Å². The van der Waals surface area contributed by atoms with Crippen molar-refractivity contribution in [3.05, 3.63) is 26.7 Å². The molecule has 2 heterocycles. The lowest BCUT2D eigenvalue weighted by molar-refractivity contribution is 0.108. The maximum Gasteiger partial charge on any atom is 0.332 e. The Morgan fingerprint density at radius 3 is 2.73 bits per heavy atom. The van der Waals surface area contributed by atoms with Gasteiger partial charge in [0.2, 0.25) is 0 Å². The molecule has 0 aromatic carbocycles. The van der Waals surface area contributed by atoms with Crippen LogP contribution in [0, 0.1) is 0 Å². The van der Waals surface area contributed by atoms with E-state index in [9.17, 15) is 9.59 Å². The highest BCUT2D eigenvalue weighted by molar-refractivity contribution is 5.69. The molecule has 1 unspecified atom stereocenters. The first kappa shape index (κ1) is 16.4. The molecule has 0 bridgehead atoms. The van der Waals surface area contributed by atoms with Crippen LogP contribution in [0.25, 0.3) is 11.2 Å². The lowest BCUT2D eigenvalue weighted by Crippen LogP contribution is -2.39. The highest BCUT2D eigenvalue weighted by atomic mass is 16.5. The predicted octanol–water partition coefficient (Wildman–Crippen LogP) is 0.0872. The summed E-state index contributed by atoms with van der Waals surface area (Å²) in [7, 11) is 3.28. The van der Waals surface area contributed by atoms with E-state index in [4.69, 9.17) is 10.5 Å². The smallest absolute Gasteiger partial charge is 0.332 e. The second-order valence-corrected chi connectivity index (χ2v) is 5.43. The van der Waals surface area contributed by atoms with Crippen LogP contribution >= 0.6 is 0 Å². The summed E-state index contributed by atoms with van der Waals surface area (Å²) < 4.78 is 7.81. The van der Waals surface area contributed by atoms with Gasteiger partial charge in [0.25, 0.3) is 5.56 Å². The molecule has 0 saturated heterocycles.